The van der Waals surface area contributed by atoms with E-state index >= 15 is 0 Å². The smallest absolute Gasteiger partial charge is 0.268 e. The molecule has 0 unspecified atom stereocenters. The van der Waals surface area contributed by atoms with Gasteiger partial charge in [0, 0.05) is 17.5 Å². The Hall–Kier alpha value is -3.43. The van der Waals surface area contributed by atoms with E-state index in [0.717, 1.165) is 29.0 Å². The Morgan fingerprint density at radius 1 is 1.18 bits per heavy atom. The van der Waals surface area contributed by atoms with Crippen LogP contribution in [0.5, 0.6) is 5.75 Å². The second kappa shape index (κ2) is 12.6. The van der Waals surface area contributed by atoms with Crippen LogP contribution in [0, 0.1) is 18.3 Å². The van der Waals surface area contributed by atoms with Crippen molar-refractivity contribution in [3.05, 3.63) is 81.9 Å². The van der Waals surface area contributed by atoms with Crippen LogP contribution in [0.2, 0.25) is 0 Å². The van der Waals surface area contributed by atoms with Gasteiger partial charge >= 0.3 is 0 Å². The summed E-state index contributed by atoms with van der Waals surface area (Å²) in [4.78, 5) is 17.9. The van der Waals surface area contributed by atoms with E-state index in [1.165, 1.54) is 41.7 Å². The van der Waals surface area contributed by atoms with Gasteiger partial charge in [-0.15, -0.1) is 11.3 Å². The van der Waals surface area contributed by atoms with Crippen LogP contribution in [-0.4, -0.2) is 17.5 Å². The highest BCUT2D eigenvalue weighted by atomic mass is 32.1. The normalized spacial score (nSPS) is 11.1. The third-order valence-electron chi connectivity index (χ3n) is 5.06. The summed E-state index contributed by atoms with van der Waals surface area (Å²) in [6, 6.07) is 17.7. The third kappa shape index (κ3) is 7.89. The number of anilines is 1. The summed E-state index contributed by atoms with van der Waals surface area (Å²) in [6.07, 6.45) is 8.72. The van der Waals surface area contributed by atoms with Crippen LogP contribution in [0.3, 0.4) is 0 Å². The zero-order valence-corrected chi connectivity index (χ0v) is 20.0. The monoisotopic (exact) mass is 459 g/mol. The molecule has 0 bridgehead atoms. The number of hydrogen-bond donors (Lipinski definition) is 1. The van der Waals surface area contributed by atoms with Crippen LogP contribution in [0.1, 0.15) is 54.2 Å². The fraction of sp³-hybridized carbons (Fsp3) is 0.296. The minimum atomic E-state index is -0.467. The van der Waals surface area contributed by atoms with Gasteiger partial charge in [0.05, 0.1) is 6.61 Å². The van der Waals surface area contributed by atoms with Gasteiger partial charge in [0.15, 0.2) is 5.13 Å². The van der Waals surface area contributed by atoms with Crippen molar-refractivity contribution >= 4 is 28.5 Å². The van der Waals surface area contributed by atoms with Crippen LogP contribution in [0.15, 0.2) is 60.3 Å². The number of unbranched alkanes of at least 4 members (excludes halogenated alkanes) is 3. The molecule has 6 heteroatoms. The third-order valence-corrected chi connectivity index (χ3v) is 5.97. The number of carbonyl (C=O) groups is 1. The van der Waals surface area contributed by atoms with E-state index in [1.54, 1.807) is 12.3 Å². The average molecular weight is 460 g/mol. The first-order chi connectivity index (χ1) is 16.1. The van der Waals surface area contributed by atoms with Crippen LogP contribution >= 0.6 is 11.3 Å². The number of ether oxygens (including phenoxy) is 1. The highest BCUT2D eigenvalue weighted by Crippen LogP contribution is 2.22. The maximum absolute atomic E-state index is 12.6. The first-order valence-corrected chi connectivity index (χ1v) is 12.1. The lowest BCUT2D eigenvalue weighted by Crippen LogP contribution is -2.13. The van der Waals surface area contributed by atoms with Crippen LogP contribution in [0.25, 0.3) is 6.08 Å². The molecular weight excluding hydrogens is 430 g/mol. The van der Waals surface area contributed by atoms with Crippen molar-refractivity contribution in [3.63, 3.8) is 0 Å². The van der Waals surface area contributed by atoms with Crippen molar-refractivity contribution in [1.82, 2.24) is 4.98 Å². The topological polar surface area (TPSA) is 75.0 Å². The fourth-order valence-electron chi connectivity index (χ4n) is 3.33. The zero-order chi connectivity index (χ0) is 23.5. The van der Waals surface area contributed by atoms with Crippen LogP contribution in [0.4, 0.5) is 5.13 Å². The maximum atomic E-state index is 12.6. The molecule has 1 heterocycles. The molecule has 0 aliphatic heterocycles. The summed E-state index contributed by atoms with van der Waals surface area (Å²) in [6.45, 7) is 4.94. The minimum Gasteiger partial charge on any atom is -0.494 e. The molecule has 3 rings (SSSR count). The van der Waals surface area contributed by atoms with Gasteiger partial charge in [0.2, 0.25) is 0 Å². The summed E-state index contributed by atoms with van der Waals surface area (Å²) in [5.74, 6) is 0.320. The summed E-state index contributed by atoms with van der Waals surface area (Å²) in [5.41, 5.74) is 3.20. The average Bonchev–Trinajstić information content (AvgIpc) is 3.24. The quantitative estimate of drug-likeness (QED) is 0.200. The van der Waals surface area contributed by atoms with E-state index in [1.807, 2.05) is 36.4 Å². The van der Waals surface area contributed by atoms with E-state index in [0.29, 0.717) is 11.7 Å². The predicted octanol–water partition coefficient (Wildman–Crippen LogP) is 6.55. The molecule has 5 nitrogen and oxygen atoms in total. The second-order valence-electron chi connectivity index (χ2n) is 7.90. The standard InChI is InChI=1S/C27H29N3O2S/c1-3-4-5-6-14-32-24-12-10-21(11-13-24)16-23(18-28)26(31)30-27-29-19-25(33-27)17-22-9-7-8-20(2)15-22/h7-13,15-16,19H,3-6,14,17H2,1-2H3,(H,29,30,31). The summed E-state index contributed by atoms with van der Waals surface area (Å²) >= 11 is 1.41. The summed E-state index contributed by atoms with van der Waals surface area (Å²) < 4.78 is 5.74. The Morgan fingerprint density at radius 3 is 2.73 bits per heavy atom. The van der Waals surface area contributed by atoms with E-state index in [2.05, 4.69) is 42.3 Å². The molecule has 170 valence electrons. The van der Waals surface area contributed by atoms with Gasteiger partial charge in [-0.1, -0.05) is 68.1 Å². The lowest BCUT2D eigenvalue weighted by molar-refractivity contribution is -0.112. The number of carbonyl (C=O) groups excluding carboxylic acids is 1. The molecule has 0 fully saturated rings. The van der Waals surface area contributed by atoms with Gasteiger partial charge in [-0.3, -0.25) is 10.1 Å². The lowest BCUT2D eigenvalue weighted by Gasteiger charge is -2.06. The number of nitrogens with zero attached hydrogens (tertiary/aromatic N) is 2. The molecule has 0 atom stereocenters. The molecule has 33 heavy (non-hydrogen) atoms. The predicted molar refractivity (Wildman–Crippen MR) is 134 cm³/mol. The SMILES string of the molecule is CCCCCCOc1ccc(C=C(C#N)C(=O)Nc2ncc(Cc3cccc(C)c3)s2)cc1. The molecule has 0 spiro atoms. The Labute approximate surface area is 199 Å². The van der Waals surface area contributed by atoms with Gasteiger partial charge in [-0.05, 0) is 42.7 Å². The molecule has 2 aromatic carbocycles. The van der Waals surface area contributed by atoms with Gasteiger partial charge in [0.1, 0.15) is 17.4 Å². The summed E-state index contributed by atoms with van der Waals surface area (Å²) in [5, 5.41) is 12.7. The fourth-order valence-corrected chi connectivity index (χ4v) is 4.17. The molecule has 0 saturated carbocycles. The van der Waals surface area contributed by atoms with Crippen LogP contribution < -0.4 is 10.1 Å². The molecule has 1 N–H and O–H groups in total. The molecule has 0 radical (unpaired) electrons. The minimum absolute atomic E-state index is 0.0265. The molecule has 0 saturated heterocycles. The van der Waals surface area contributed by atoms with Gasteiger partial charge < -0.3 is 4.74 Å². The Kier molecular flexibility index (Phi) is 9.22. The molecule has 0 aliphatic carbocycles. The number of benzene rings is 2. The number of nitrogens with one attached hydrogen (secondary N) is 1. The number of thiazole rings is 1. The second-order valence-corrected chi connectivity index (χ2v) is 9.01. The van der Waals surface area contributed by atoms with Crippen molar-refractivity contribution in [3.8, 4) is 11.8 Å². The molecular formula is C27H29N3O2S. The molecule has 1 amide bonds. The first kappa shape index (κ1) is 24.2. The number of amides is 1. The van der Waals surface area contributed by atoms with E-state index in [9.17, 15) is 10.1 Å². The molecule has 1 aromatic heterocycles. The Balaban J connectivity index is 1.56. The maximum Gasteiger partial charge on any atom is 0.268 e. The Morgan fingerprint density at radius 2 is 2.00 bits per heavy atom. The van der Waals surface area contributed by atoms with Crippen molar-refractivity contribution < 1.29 is 9.53 Å². The molecule has 3 aromatic rings. The van der Waals surface area contributed by atoms with E-state index in [-0.39, 0.29) is 5.57 Å². The van der Waals surface area contributed by atoms with Crippen molar-refractivity contribution in [1.29, 1.82) is 5.26 Å². The van der Waals surface area contributed by atoms with E-state index < -0.39 is 5.91 Å². The van der Waals surface area contributed by atoms with Gasteiger partial charge in [-0.2, -0.15) is 5.26 Å². The highest BCUT2D eigenvalue weighted by molar-refractivity contribution is 7.15. The zero-order valence-electron chi connectivity index (χ0n) is 19.1. The number of aromatic nitrogens is 1. The number of aryl methyl sites for hydroxylation is 1. The van der Waals surface area contributed by atoms with Crippen molar-refractivity contribution in [2.75, 3.05) is 11.9 Å². The van der Waals surface area contributed by atoms with E-state index in [4.69, 9.17) is 4.74 Å². The van der Waals surface area contributed by atoms with Crippen LogP contribution in [-0.2, 0) is 11.2 Å². The molecule has 0 aliphatic rings. The number of nitriles is 1. The first-order valence-electron chi connectivity index (χ1n) is 11.2. The van der Waals surface area contributed by atoms with Gasteiger partial charge in [0.25, 0.3) is 5.91 Å². The lowest BCUT2D eigenvalue weighted by atomic mass is 10.1. The largest absolute Gasteiger partial charge is 0.494 e. The highest BCUT2D eigenvalue weighted by Gasteiger charge is 2.12. The Bertz CT molecular complexity index is 1130. The van der Waals surface area contributed by atoms with Crippen molar-refractivity contribution in [2.45, 2.75) is 46.0 Å². The number of rotatable bonds is 11. The van der Waals surface area contributed by atoms with Gasteiger partial charge in [-0.25, -0.2) is 4.98 Å². The van der Waals surface area contributed by atoms with Crippen molar-refractivity contribution in [2.24, 2.45) is 0 Å². The number of hydrogen-bond acceptors (Lipinski definition) is 5. The summed E-state index contributed by atoms with van der Waals surface area (Å²) in [7, 11) is 0.